The normalized spacial score (nSPS) is 19.8. The van der Waals surface area contributed by atoms with Crippen LogP contribution in [0.15, 0.2) is 30.6 Å². The lowest BCUT2D eigenvalue weighted by molar-refractivity contribution is 0.0777. The number of nitrogens with one attached hydrogen (secondary N) is 1. The lowest BCUT2D eigenvalue weighted by atomic mass is 9.91. The number of ether oxygens (including phenoxy) is 1. The second-order valence-electron chi connectivity index (χ2n) is 8.94. The first kappa shape index (κ1) is 20.4. The number of nitrogens with zero attached hydrogens (tertiary/aromatic N) is 4. The lowest BCUT2D eigenvalue weighted by Gasteiger charge is -2.37. The van der Waals surface area contributed by atoms with Gasteiger partial charge in [0.1, 0.15) is 0 Å². The van der Waals surface area contributed by atoms with Gasteiger partial charge in [-0.05, 0) is 42.4 Å². The van der Waals surface area contributed by atoms with E-state index in [2.05, 4.69) is 38.4 Å². The predicted molar refractivity (Wildman–Crippen MR) is 119 cm³/mol. The molecular formula is C24H31N5O2. The molecule has 0 unspecified atom stereocenters. The number of carbonyl (C=O) groups is 1. The molecule has 1 aromatic heterocycles. The first-order valence-corrected chi connectivity index (χ1v) is 11.4. The van der Waals surface area contributed by atoms with Crippen LogP contribution in [-0.2, 0) is 24.1 Å². The van der Waals surface area contributed by atoms with E-state index in [-0.39, 0.29) is 12.0 Å². The first-order valence-electron chi connectivity index (χ1n) is 11.4. The summed E-state index contributed by atoms with van der Waals surface area (Å²) in [5, 5.41) is 3.01. The predicted octanol–water partition coefficient (Wildman–Crippen LogP) is 2.19. The lowest BCUT2D eigenvalue weighted by Crippen LogP contribution is -2.52. The summed E-state index contributed by atoms with van der Waals surface area (Å²) >= 11 is 0. The molecule has 3 aliphatic rings. The van der Waals surface area contributed by atoms with Crippen molar-refractivity contribution < 1.29 is 9.53 Å². The van der Waals surface area contributed by atoms with Gasteiger partial charge in [0.2, 0.25) is 5.95 Å². The van der Waals surface area contributed by atoms with Crippen molar-refractivity contribution in [1.82, 2.24) is 20.2 Å². The van der Waals surface area contributed by atoms with E-state index < -0.39 is 0 Å². The van der Waals surface area contributed by atoms with Gasteiger partial charge in [-0.25, -0.2) is 9.97 Å². The van der Waals surface area contributed by atoms with Crippen LogP contribution in [0.4, 0.5) is 5.95 Å². The highest BCUT2D eigenvalue weighted by Crippen LogP contribution is 2.27. The van der Waals surface area contributed by atoms with Crippen LogP contribution in [0.3, 0.4) is 0 Å². The van der Waals surface area contributed by atoms with E-state index in [1.54, 1.807) is 19.5 Å². The number of methoxy groups -OCH3 is 1. The molecule has 0 spiro atoms. The van der Waals surface area contributed by atoms with Gasteiger partial charge in [0.25, 0.3) is 5.91 Å². The van der Waals surface area contributed by atoms with E-state index in [1.165, 1.54) is 36.9 Å². The van der Waals surface area contributed by atoms with Crippen molar-refractivity contribution in [2.45, 2.75) is 50.8 Å². The van der Waals surface area contributed by atoms with Gasteiger partial charge in [-0.1, -0.05) is 24.6 Å². The Morgan fingerprint density at radius 3 is 2.55 bits per heavy atom. The van der Waals surface area contributed by atoms with Crippen molar-refractivity contribution in [3.05, 3.63) is 52.8 Å². The molecule has 2 aromatic rings. The summed E-state index contributed by atoms with van der Waals surface area (Å²) in [6.07, 6.45) is 9.79. The molecule has 2 aliphatic heterocycles. The number of fused-ring (bicyclic) bond motifs is 1. The number of carbonyl (C=O) groups excluding carboxylic acids is 1. The molecule has 1 amide bonds. The van der Waals surface area contributed by atoms with Crippen molar-refractivity contribution in [3.8, 4) is 0 Å². The second-order valence-corrected chi connectivity index (χ2v) is 8.94. The molecule has 0 atom stereocenters. The second kappa shape index (κ2) is 8.93. The van der Waals surface area contributed by atoms with E-state index >= 15 is 0 Å². The Labute approximate surface area is 183 Å². The third-order valence-corrected chi connectivity index (χ3v) is 7.02. The van der Waals surface area contributed by atoms with Gasteiger partial charge in [-0.3, -0.25) is 9.69 Å². The summed E-state index contributed by atoms with van der Waals surface area (Å²) in [5.41, 5.74) is 4.53. The summed E-state index contributed by atoms with van der Waals surface area (Å²) in [6.45, 7) is 4.42. The molecule has 7 heteroatoms. The minimum atomic E-state index is -0.143. The summed E-state index contributed by atoms with van der Waals surface area (Å²) < 4.78 is 5.28. The monoisotopic (exact) mass is 421 g/mol. The van der Waals surface area contributed by atoms with E-state index in [0.29, 0.717) is 18.1 Å². The van der Waals surface area contributed by atoms with Gasteiger partial charge < -0.3 is 15.0 Å². The van der Waals surface area contributed by atoms with E-state index in [4.69, 9.17) is 4.74 Å². The molecule has 31 heavy (non-hydrogen) atoms. The largest absolute Gasteiger partial charge is 0.378 e. The number of hydrogen-bond acceptors (Lipinski definition) is 6. The third kappa shape index (κ3) is 4.43. The Morgan fingerprint density at radius 1 is 1.13 bits per heavy atom. The van der Waals surface area contributed by atoms with E-state index in [9.17, 15) is 4.79 Å². The van der Waals surface area contributed by atoms with Crippen LogP contribution in [0.1, 0.15) is 46.3 Å². The van der Waals surface area contributed by atoms with Crippen LogP contribution >= 0.6 is 0 Å². The highest BCUT2D eigenvalue weighted by Gasteiger charge is 2.28. The molecule has 3 heterocycles. The molecule has 1 saturated heterocycles. The van der Waals surface area contributed by atoms with Gasteiger partial charge >= 0.3 is 0 Å². The van der Waals surface area contributed by atoms with Gasteiger partial charge in [-0.2, -0.15) is 0 Å². The minimum absolute atomic E-state index is 0.143. The van der Waals surface area contributed by atoms with E-state index in [1.807, 2.05) is 4.90 Å². The van der Waals surface area contributed by atoms with Gasteiger partial charge in [0.15, 0.2) is 0 Å². The highest BCUT2D eigenvalue weighted by atomic mass is 16.5. The molecule has 1 aliphatic carbocycles. The highest BCUT2D eigenvalue weighted by molar-refractivity contribution is 5.93. The van der Waals surface area contributed by atoms with Crippen molar-refractivity contribution in [2.75, 3.05) is 38.2 Å². The molecule has 7 nitrogen and oxygen atoms in total. The van der Waals surface area contributed by atoms with Crippen LogP contribution in [0.25, 0.3) is 0 Å². The summed E-state index contributed by atoms with van der Waals surface area (Å²) in [5.74, 6) is 0.502. The fourth-order valence-corrected chi connectivity index (χ4v) is 4.66. The average molecular weight is 422 g/mol. The Morgan fingerprint density at radius 2 is 1.87 bits per heavy atom. The maximum atomic E-state index is 12.6. The Balaban J connectivity index is 1.15. The zero-order valence-electron chi connectivity index (χ0n) is 18.2. The van der Waals surface area contributed by atoms with Crippen molar-refractivity contribution >= 4 is 11.9 Å². The van der Waals surface area contributed by atoms with Gasteiger partial charge in [0, 0.05) is 58.3 Å². The SMILES string of the molecule is COC1CN(c2ncc(C(=O)NCc3ccc4c(c3)CCN(C3CCC3)CC4)cn2)C1. The molecule has 0 radical (unpaired) electrons. The summed E-state index contributed by atoms with van der Waals surface area (Å²) in [7, 11) is 1.71. The Hall–Kier alpha value is -2.51. The Kier molecular flexibility index (Phi) is 5.87. The molecule has 1 N–H and O–H groups in total. The number of aromatic nitrogens is 2. The topological polar surface area (TPSA) is 70.6 Å². The van der Waals surface area contributed by atoms with Crippen molar-refractivity contribution in [3.63, 3.8) is 0 Å². The maximum absolute atomic E-state index is 12.6. The van der Waals surface area contributed by atoms with Crippen LogP contribution in [-0.4, -0.2) is 66.2 Å². The van der Waals surface area contributed by atoms with Crippen LogP contribution < -0.4 is 10.2 Å². The van der Waals surface area contributed by atoms with Crippen LogP contribution in [0.5, 0.6) is 0 Å². The zero-order valence-corrected chi connectivity index (χ0v) is 18.2. The smallest absolute Gasteiger partial charge is 0.254 e. The van der Waals surface area contributed by atoms with Crippen molar-refractivity contribution in [1.29, 1.82) is 0 Å². The first-order chi connectivity index (χ1) is 15.2. The van der Waals surface area contributed by atoms with Crippen LogP contribution in [0, 0.1) is 0 Å². The average Bonchev–Trinajstić information content (AvgIpc) is 2.93. The van der Waals surface area contributed by atoms with Gasteiger partial charge in [0.05, 0.1) is 11.7 Å². The summed E-state index contributed by atoms with van der Waals surface area (Å²) in [6, 6.07) is 7.48. The number of hydrogen-bond donors (Lipinski definition) is 1. The fraction of sp³-hybridized carbons (Fsp3) is 0.542. The third-order valence-electron chi connectivity index (χ3n) is 7.02. The number of benzene rings is 1. The quantitative estimate of drug-likeness (QED) is 0.771. The molecule has 2 fully saturated rings. The maximum Gasteiger partial charge on any atom is 0.254 e. The number of rotatable bonds is 6. The molecule has 1 aromatic carbocycles. The molecule has 1 saturated carbocycles. The summed E-state index contributed by atoms with van der Waals surface area (Å²) in [4.78, 5) is 25.9. The molecule has 0 bridgehead atoms. The molecule has 164 valence electrons. The fourth-order valence-electron chi connectivity index (χ4n) is 4.66. The van der Waals surface area contributed by atoms with Crippen molar-refractivity contribution in [2.24, 2.45) is 0 Å². The van der Waals surface area contributed by atoms with Crippen LogP contribution in [0.2, 0.25) is 0 Å². The minimum Gasteiger partial charge on any atom is -0.378 e. The molecule has 5 rings (SSSR count). The number of anilines is 1. The van der Waals surface area contributed by atoms with E-state index in [0.717, 1.165) is 44.1 Å². The number of amides is 1. The Bertz CT molecular complexity index is 922. The van der Waals surface area contributed by atoms with Gasteiger partial charge in [-0.15, -0.1) is 0 Å². The standard InChI is InChI=1S/C24H31N5O2/c1-31-22-15-29(16-22)24-26-13-20(14-27-24)23(30)25-12-17-5-6-18-7-9-28(21-3-2-4-21)10-8-19(18)11-17/h5-6,11,13-14,21-22H,2-4,7-10,12,15-16H2,1H3,(H,25,30). The molecular weight excluding hydrogens is 390 g/mol. The zero-order chi connectivity index (χ0) is 21.2.